The van der Waals surface area contributed by atoms with Crippen LogP contribution in [0.4, 0.5) is 0 Å². The molecule has 4 heterocycles. The molecule has 5 heteroatoms. The summed E-state index contributed by atoms with van der Waals surface area (Å²) in [5.41, 5.74) is 10.9. The predicted octanol–water partition coefficient (Wildman–Crippen LogP) is 8.35. The van der Waals surface area contributed by atoms with Gasteiger partial charge in [0.1, 0.15) is 5.52 Å². The van der Waals surface area contributed by atoms with E-state index in [2.05, 4.69) is 69.5 Å². The molecule has 0 bridgehead atoms. The van der Waals surface area contributed by atoms with Crippen LogP contribution in [0.3, 0.4) is 0 Å². The van der Waals surface area contributed by atoms with Crippen molar-refractivity contribution in [2.24, 2.45) is 0 Å². The van der Waals surface area contributed by atoms with Crippen LogP contribution in [0.2, 0.25) is 0 Å². The van der Waals surface area contributed by atoms with E-state index in [0.717, 1.165) is 61.2 Å². The Balaban J connectivity index is 1.46. The van der Waals surface area contributed by atoms with E-state index in [1.807, 2.05) is 61.1 Å². The van der Waals surface area contributed by atoms with Crippen molar-refractivity contribution in [2.45, 2.75) is 0 Å². The highest BCUT2D eigenvalue weighted by molar-refractivity contribution is 5.85. The molecule has 0 aliphatic heterocycles. The lowest BCUT2D eigenvalue weighted by Crippen LogP contribution is -1.90. The van der Waals surface area contributed by atoms with E-state index in [-0.39, 0.29) is 0 Å². The van der Waals surface area contributed by atoms with Gasteiger partial charge in [-0.15, -0.1) is 0 Å². The molecule has 0 aliphatic carbocycles. The highest BCUT2D eigenvalue weighted by atomic mass is 16.3. The summed E-state index contributed by atoms with van der Waals surface area (Å²) in [5, 5.41) is 0. The van der Waals surface area contributed by atoms with Gasteiger partial charge in [-0.3, -0.25) is 15.0 Å². The van der Waals surface area contributed by atoms with Crippen molar-refractivity contribution in [1.29, 1.82) is 0 Å². The molecule has 0 radical (unpaired) electrons. The zero-order valence-electron chi connectivity index (χ0n) is 20.9. The van der Waals surface area contributed by atoms with Crippen molar-refractivity contribution in [3.05, 3.63) is 134 Å². The smallest absolute Gasteiger partial charge is 0.227 e. The number of aromatic nitrogens is 4. The number of rotatable bonds is 5. The van der Waals surface area contributed by atoms with Gasteiger partial charge in [-0.25, -0.2) is 4.98 Å². The monoisotopic (exact) mass is 502 g/mol. The largest absolute Gasteiger partial charge is 0.436 e. The molecule has 4 aromatic heterocycles. The topological polar surface area (TPSA) is 64.7 Å². The molecule has 0 N–H and O–H groups in total. The zero-order valence-corrected chi connectivity index (χ0v) is 20.9. The molecule has 0 saturated carbocycles. The minimum atomic E-state index is 0.582. The summed E-state index contributed by atoms with van der Waals surface area (Å²) >= 11 is 0. The third kappa shape index (κ3) is 4.58. The van der Waals surface area contributed by atoms with E-state index in [1.54, 1.807) is 18.6 Å². The van der Waals surface area contributed by atoms with E-state index in [1.165, 1.54) is 0 Å². The Morgan fingerprint density at radius 1 is 0.410 bits per heavy atom. The van der Waals surface area contributed by atoms with Gasteiger partial charge in [0.15, 0.2) is 5.58 Å². The molecule has 184 valence electrons. The van der Waals surface area contributed by atoms with Gasteiger partial charge in [0.05, 0.1) is 0 Å². The number of para-hydroxylation sites is 2. The molecule has 5 nitrogen and oxygen atoms in total. The maximum atomic E-state index is 6.18. The van der Waals surface area contributed by atoms with Crippen molar-refractivity contribution in [1.82, 2.24) is 19.9 Å². The van der Waals surface area contributed by atoms with Gasteiger partial charge in [-0.05, 0) is 94.5 Å². The van der Waals surface area contributed by atoms with E-state index in [4.69, 9.17) is 9.40 Å². The fourth-order valence-electron chi connectivity index (χ4n) is 4.81. The number of nitrogens with zero attached hydrogens (tertiary/aromatic N) is 4. The van der Waals surface area contributed by atoms with Crippen LogP contribution in [0.5, 0.6) is 0 Å². The Morgan fingerprint density at radius 2 is 0.846 bits per heavy atom. The fraction of sp³-hybridized carbons (Fsp3) is 0. The molecule has 0 unspecified atom stereocenters. The maximum Gasteiger partial charge on any atom is 0.227 e. The first kappa shape index (κ1) is 22.8. The van der Waals surface area contributed by atoms with Crippen molar-refractivity contribution in [2.75, 3.05) is 0 Å². The third-order valence-electron chi connectivity index (χ3n) is 6.72. The van der Waals surface area contributed by atoms with Gasteiger partial charge in [0.2, 0.25) is 5.89 Å². The van der Waals surface area contributed by atoms with Crippen LogP contribution in [0.15, 0.2) is 139 Å². The van der Waals surface area contributed by atoms with Crippen molar-refractivity contribution in [3.63, 3.8) is 0 Å². The average Bonchev–Trinajstić information content (AvgIpc) is 3.47. The minimum absolute atomic E-state index is 0.582. The Labute approximate surface area is 225 Å². The summed E-state index contributed by atoms with van der Waals surface area (Å²) in [6.45, 7) is 0. The quantitative estimate of drug-likeness (QED) is 0.237. The van der Waals surface area contributed by atoms with Crippen LogP contribution in [0, 0.1) is 0 Å². The first-order chi connectivity index (χ1) is 19.3. The number of oxazole rings is 1. The Bertz CT molecular complexity index is 1810. The summed E-state index contributed by atoms with van der Waals surface area (Å²) in [5.74, 6) is 0.582. The van der Waals surface area contributed by atoms with Crippen molar-refractivity contribution in [3.8, 4) is 56.0 Å². The van der Waals surface area contributed by atoms with Gasteiger partial charge >= 0.3 is 0 Å². The van der Waals surface area contributed by atoms with Crippen LogP contribution in [-0.2, 0) is 0 Å². The molecule has 0 fully saturated rings. The number of benzene rings is 3. The molecule has 39 heavy (non-hydrogen) atoms. The third-order valence-corrected chi connectivity index (χ3v) is 6.72. The Kier molecular flexibility index (Phi) is 5.72. The van der Waals surface area contributed by atoms with Crippen LogP contribution in [-0.4, -0.2) is 19.9 Å². The molecule has 7 aromatic rings. The number of fused-ring (bicyclic) bond motifs is 1. The standard InChI is InChI=1S/C34H22N4O/c1-2-10-33-32(9-1)38-34(39-33)31-18-28(25-8-5-13-37-22-25)17-30(19-31)29-15-26(23-6-3-11-35-20-23)14-27(16-29)24-7-4-12-36-21-24/h1-22H. The molecule has 0 aliphatic rings. The number of pyridine rings is 3. The zero-order chi connectivity index (χ0) is 26.0. The van der Waals surface area contributed by atoms with Crippen LogP contribution >= 0.6 is 0 Å². The molecular weight excluding hydrogens is 480 g/mol. The summed E-state index contributed by atoms with van der Waals surface area (Å²) in [6.07, 6.45) is 11.0. The molecule has 0 spiro atoms. The normalized spacial score (nSPS) is 11.1. The highest BCUT2D eigenvalue weighted by Crippen LogP contribution is 2.37. The van der Waals surface area contributed by atoms with E-state index < -0.39 is 0 Å². The van der Waals surface area contributed by atoms with Gasteiger partial charge in [-0.2, -0.15) is 0 Å². The van der Waals surface area contributed by atoms with Crippen LogP contribution in [0.25, 0.3) is 67.1 Å². The molecule has 0 amide bonds. The van der Waals surface area contributed by atoms with Gasteiger partial charge in [0.25, 0.3) is 0 Å². The van der Waals surface area contributed by atoms with E-state index in [0.29, 0.717) is 5.89 Å². The molecule has 3 aromatic carbocycles. The lowest BCUT2D eigenvalue weighted by molar-refractivity contribution is 0.620. The molecular formula is C34H22N4O. The number of hydrogen-bond acceptors (Lipinski definition) is 5. The molecule has 0 saturated heterocycles. The first-order valence-electron chi connectivity index (χ1n) is 12.7. The van der Waals surface area contributed by atoms with Crippen LogP contribution in [0.1, 0.15) is 0 Å². The second kappa shape index (κ2) is 9.80. The maximum absolute atomic E-state index is 6.18. The highest BCUT2D eigenvalue weighted by Gasteiger charge is 2.14. The van der Waals surface area contributed by atoms with Gasteiger partial charge in [-0.1, -0.05) is 30.3 Å². The van der Waals surface area contributed by atoms with E-state index in [9.17, 15) is 0 Å². The second-order valence-corrected chi connectivity index (χ2v) is 9.31. The summed E-state index contributed by atoms with van der Waals surface area (Å²) < 4.78 is 6.18. The second-order valence-electron chi connectivity index (χ2n) is 9.31. The first-order valence-corrected chi connectivity index (χ1v) is 12.7. The lowest BCUT2D eigenvalue weighted by Gasteiger charge is -2.13. The Morgan fingerprint density at radius 3 is 1.28 bits per heavy atom. The van der Waals surface area contributed by atoms with Crippen molar-refractivity contribution < 1.29 is 4.42 Å². The predicted molar refractivity (Wildman–Crippen MR) is 155 cm³/mol. The van der Waals surface area contributed by atoms with Crippen LogP contribution < -0.4 is 0 Å². The molecule has 0 atom stereocenters. The lowest BCUT2D eigenvalue weighted by atomic mass is 9.92. The fourth-order valence-corrected chi connectivity index (χ4v) is 4.81. The summed E-state index contributed by atoms with van der Waals surface area (Å²) in [7, 11) is 0. The summed E-state index contributed by atoms with van der Waals surface area (Å²) in [6, 6.07) is 32.9. The van der Waals surface area contributed by atoms with Gasteiger partial charge in [0, 0.05) is 59.4 Å². The minimum Gasteiger partial charge on any atom is -0.436 e. The van der Waals surface area contributed by atoms with Crippen molar-refractivity contribution >= 4 is 11.1 Å². The van der Waals surface area contributed by atoms with E-state index >= 15 is 0 Å². The number of hydrogen-bond donors (Lipinski definition) is 0. The summed E-state index contributed by atoms with van der Waals surface area (Å²) in [4.78, 5) is 17.8. The SMILES string of the molecule is c1cncc(-c2cc(-c3cccnc3)cc(-c3cc(-c4cccnc4)cc(-c4nc5ccccc5o4)c3)c2)c1. The average molecular weight is 503 g/mol. The Hall–Kier alpha value is -5.42. The molecule has 7 rings (SSSR count). The van der Waals surface area contributed by atoms with Gasteiger partial charge < -0.3 is 4.42 Å².